The Morgan fingerprint density at radius 1 is 1.16 bits per heavy atom. The van der Waals surface area contributed by atoms with Crippen LogP contribution < -0.4 is 10.5 Å². The fraction of sp³-hybridized carbons (Fsp3) is 0.250. The average Bonchev–Trinajstić information content (AvgIpc) is 2.77. The monoisotopic (exact) mass is 271 g/mol. The second-order valence-electron chi connectivity index (χ2n) is 3.85. The highest BCUT2D eigenvalue weighted by atomic mass is 19.4. The van der Waals surface area contributed by atoms with Crippen LogP contribution in [0.1, 0.15) is 5.56 Å². The molecule has 2 aromatic rings. The first-order valence-electron chi connectivity index (χ1n) is 5.56. The van der Waals surface area contributed by atoms with Crippen molar-refractivity contribution in [2.75, 3.05) is 6.54 Å². The molecule has 0 bridgehead atoms. The summed E-state index contributed by atoms with van der Waals surface area (Å²) in [5.74, 6) is 0.772. The average molecular weight is 271 g/mol. The predicted molar refractivity (Wildman–Crippen MR) is 62.8 cm³/mol. The van der Waals surface area contributed by atoms with Crippen molar-refractivity contribution in [1.82, 2.24) is 9.78 Å². The Hall–Kier alpha value is -2.02. The zero-order valence-electron chi connectivity index (χ0n) is 9.89. The van der Waals surface area contributed by atoms with Crippen LogP contribution in [0.25, 0.3) is 0 Å². The normalized spacial score (nSPS) is 11.6. The molecule has 4 nitrogen and oxygen atoms in total. The van der Waals surface area contributed by atoms with Crippen molar-refractivity contribution in [1.29, 1.82) is 0 Å². The highest BCUT2D eigenvalue weighted by Crippen LogP contribution is 2.31. The van der Waals surface area contributed by atoms with E-state index >= 15 is 0 Å². The molecular weight excluding hydrogens is 259 g/mol. The van der Waals surface area contributed by atoms with Crippen LogP contribution in [0.5, 0.6) is 11.5 Å². The molecule has 0 unspecified atom stereocenters. The molecule has 1 aromatic carbocycles. The molecule has 0 atom stereocenters. The van der Waals surface area contributed by atoms with Crippen molar-refractivity contribution in [3.63, 3.8) is 0 Å². The van der Waals surface area contributed by atoms with Crippen molar-refractivity contribution >= 4 is 0 Å². The zero-order valence-corrected chi connectivity index (χ0v) is 9.89. The smallest absolute Gasteiger partial charge is 0.416 e. The Labute approximate surface area is 107 Å². The largest absolute Gasteiger partial charge is 0.454 e. The second-order valence-corrected chi connectivity index (χ2v) is 3.85. The number of aromatic nitrogens is 2. The van der Waals surface area contributed by atoms with Gasteiger partial charge in [0.15, 0.2) is 5.75 Å². The minimum Gasteiger partial charge on any atom is -0.454 e. The van der Waals surface area contributed by atoms with Gasteiger partial charge >= 0.3 is 6.18 Å². The van der Waals surface area contributed by atoms with Gasteiger partial charge in [0, 0.05) is 6.54 Å². The molecule has 0 aliphatic heterocycles. The summed E-state index contributed by atoms with van der Waals surface area (Å²) in [7, 11) is 0. The SMILES string of the molecule is NCCn1cc(Oc2ccc(C(F)(F)F)cc2)cn1. The maximum Gasteiger partial charge on any atom is 0.416 e. The van der Waals surface area contributed by atoms with Gasteiger partial charge in [0.1, 0.15) is 5.75 Å². The summed E-state index contributed by atoms with van der Waals surface area (Å²) in [6.45, 7) is 0.998. The van der Waals surface area contributed by atoms with Crippen LogP contribution in [0.2, 0.25) is 0 Å². The van der Waals surface area contributed by atoms with E-state index < -0.39 is 11.7 Å². The number of halogens is 3. The van der Waals surface area contributed by atoms with Crippen molar-refractivity contribution in [3.05, 3.63) is 42.2 Å². The molecule has 0 saturated heterocycles. The number of rotatable bonds is 4. The zero-order chi connectivity index (χ0) is 13.9. The van der Waals surface area contributed by atoms with E-state index in [4.69, 9.17) is 10.5 Å². The molecule has 7 heteroatoms. The molecule has 0 spiro atoms. The van der Waals surface area contributed by atoms with Crippen LogP contribution >= 0.6 is 0 Å². The van der Waals surface area contributed by atoms with Crippen LogP contribution in [0.4, 0.5) is 13.2 Å². The van der Waals surface area contributed by atoms with Gasteiger partial charge in [0.05, 0.1) is 24.5 Å². The van der Waals surface area contributed by atoms with Gasteiger partial charge in [-0.25, -0.2) is 0 Å². The summed E-state index contributed by atoms with van der Waals surface area (Å²) in [4.78, 5) is 0. The topological polar surface area (TPSA) is 53.1 Å². The lowest BCUT2D eigenvalue weighted by atomic mass is 10.2. The number of benzene rings is 1. The molecule has 0 aliphatic rings. The van der Waals surface area contributed by atoms with Gasteiger partial charge in [-0.05, 0) is 24.3 Å². The third-order valence-corrected chi connectivity index (χ3v) is 2.39. The lowest BCUT2D eigenvalue weighted by Crippen LogP contribution is -2.09. The lowest BCUT2D eigenvalue weighted by Gasteiger charge is -2.07. The summed E-state index contributed by atoms with van der Waals surface area (Å²) < 4.78 is 44.1. The molecule has 2 N–H and O–H groups in total. The Kier molecular flexibility index (Phi) is 3.75. The van der Waals surface area contributed by atoms with Crippen molar-refractivity contribution < 1.29 is 17.9 Å². The summed E-state index contributed by atoms with van der Waals surface area (Å²) in [5, 5.41) is 3.99. The van der Waals surface area contributed by atoms with E-state index in [1.807, 2.05) is 0 Å². The van der Waals surface area contributed by atoms with Gasteiger partial charge in [0.25, 0.3) is 0 Å². The first-order chi connectivity index (χ1) is 8.99. The molecule has 2 rings (SSSR count). The highest BCUT2D eigenvalue weighted by Gasteiger charge is 2.30. The number of hydrogen-bond acceptors (Lipinski definition) is 3. The number of alkyl halides is 3. The second kappa shape index (κ2) is 5.31. The van der Waals surface area contributed by atoms with Crippen LogP contribution in [0.3, 0.4) is 0 Å². The summed E-state index contributed by atoms with van der Waals surface area (Å²) in [6.07, 6.45) is -1.23. The maximum absolute atomic E-state index is 12.4. The Bertz CT molecular complexity index is 534. The van der Waals surface area contributed by atoms with Crippen molar-refractivity contribution in [2.24, 2.45) is 5.73 Å². The van der Waals surface area contributed by atoms with Crippen molar-refractivity contribution in [2.45, 2.75) is 12.7 Å². The minimum absolute atomic E-state index is 0.320. The standard InChI is InChI=1S/C12H12F3N3O/c13-12(14,15)9-1-3-10(4-2-9)19-11-7-17-18(8-11)6-5-16/h1-4,7-8H,5-6,16H2. The Balaban J connectivity index is 2.06. The minimum atomic E-state index is -4.34. The molecule has 0 fully saturated rings. The molecule has 1 heterocycles. The number of hydrogen-bond donors (Lipinski definition) is 1. The van der Waals surface area contributed by atoms with E-state index in [-0.39, 0.29) is 0 Å². The van der Waals surface area contributed by atoms with E-state index in [0.717, 1.165) is 12.1 Å². The molecule has 102 valence electrons. The molecule has 0 aliphatic carbocycles. The number of ether oxygens (including phenoxy) is 1. The van der Waals surface area contributed by atoms with Gasteiger partial charge in [0.2, 0.25) is 0 Å². The van der Waals surface area contributed by atoms with Gasteiger partial charge in [-0.1, -0.05) is 0 Å². The van der Waals surface area contributed by atoms with E-state index in [9.17, 15) is 13.2 Å². The van der Waals surface area contributed by atoms with Gasteiger partial charge in [-0.3, -0.25) is 4.68 Å². The fourth-order valence-corrected chi connectivity index (χ4v) is 1.50. The number of nitrogens with two attached hydrogens (primary N) is 1. The van der Waals surface area contributed by atoms with Crippen LogP contribution in [-0.2, 0) is 12.7 Å². The summed E-state index contributed by atoms with van der Waals surface area (Å²) in [5.41, 5.74) is 4.66. The van der Waals surface area contributed by atoms with E-state index in [1.54, 1.807) is 10.9 Å². The fourth-order valence-electron chi connectivity index (χ4n) is 1.50. The van der Waals surface area contributed by atoms with E-state index in [0.29, 0.717) is 24.6 Å². The molecule has 1 aromatic heterocycles. The van der Waals surface area contributed by atoms with Gasteiger partial charge in [-0.2, -0.15) is 18.3 Å². The van der Waals surface area contributed by atoms with Crippen LogP contribution in [0.15, 0.2) is 36.7 Å². The molecule has 0 saturated carbocycles. The molecule has 0 radical (unpaired) electrons. The first-order valence-corrected chi connectivity index (χ1v) is 5.56. The molecule has 0 amide bonds. The summed E-state index contributed by atoms with van der Waals surface area (Å²) >= 11 is 0. The van der Waals surface area contributed by atoms with E-state index in [1.165, 1.54) is 18.3 Å². The molecular formula is C12H12F3N3O. The van der Waals surface area contributed by atoms with Gasteiger partial charge in [-0.15, -0.1) is 0 Å². The van der Waals surface area contributed by atoms with Crippen LogP contribution in [0, 0.1) is 0 Å². The third kappa shape index (κ3) is 3.47. The van der Waals surface area contributed by atoms with E-state index in [2.05, 4.69) is 5.10 Å². The Morgan fingerprint density at radius 3 is 2.42 bits per heavy atom. The van der Waals surface area contributed by atoms with Crippen LogP contribution in [-0.4, -0.2) is 16.3 Å². The quantitative estimate of drug-likeness (QED) is 0.930. The lowest BCUT2D eigenvalue weighted by molar-refractivity contribution is -0.137. The Morgan fingerprint density at radius 2 is 1.84 bits per heavy atom. The maximum atomic E-state index is 12.4. The number of nitrogens with zero attached hydrogens (tertiary/aromatic N) is 2. The molecule has 19 heavy (non-hydrogen) atoms. The third-order valence-electron chi connectivity index (χ3n) is 2.39. The highest BCUT2D eigenvalue weighted by molar-refractivity contribution is 5.32. The van der Waals surface area contributed by atoms with Crippen molar-refractivity contribution in [3.8, 4) is 11.5 Å². The predicted octanol–water partition coefficient (Wildman–Crippen LogP) is 2.65. The van der Waals surface area contributed by atoms with Gasteiger partial charge < -0.3 is 10.5 Å². The summed E-state index contributed by atoms with van der Waals surface area (Å²) in [6, 6.07) is 4.48. The first kappa shape index (κ1) is 13.4.